The Bertz CT molecular complexity index is 937. The normalized spacial score (nSPS) is 20.7. The van der Waals surface area contributed by atoms with E-state index in [1.807, 2.05) is 12.1 Å². The standard InChI is InChI=1S/C18H18Cl2N4O3S/c1-27-8-15(25)23-5-4-18(9-23)10-24(13-3-2-11(19)6-12(13)18)17(26)22-16-21-7-14(20)28-16/h2-3,6-7H,4-5,8-10H2,1H3,(H,21,22,26)/t18-/m1/s1. The van der Waals surface area contributed by atoms with Crippen LogP contribution in [0.2, 0.25) is 9.36 Å². The first kappa shape index (κ1) is 19.4. The molecule has 148 valence electrons. The number of methoxy groups -OCH3 is 1. The van der Waals surface area contributed by atoms with E-state index in [0.29, 0.717) is 34.1 Å². The molecule has 0 radical (unpaired) electrons. The maximum atomic E-state index is 12.9. The average Bonchev–Trinajstić information content (AvgIpc) is 3.35. The minimum absolute atomic E-state index is 0.0491. The second kappa shape index (κ2) is 7.51. The number of benzene rings is 1. The van der Waals surface area contributed by atoms with Gasteiger partial charge in [0.25, 0.3) is 0 Å². The first-order valence-corrected chi connectivity index (χ1v) is 10.3. The molecule has 1 fully saturated rings. The van der Waals surface area contributed by atoms with Gasteiger partial charge in [-0.25, -0.2) is 9.78 Å². The number of hydrogen-bond donors (Lipinski definition) is 1. The molecule has 0 bridgehead atoms. The number of carbonyl (C=O) groups is 2. The topological polar surface area (TPSA) is 74.8 Å². The van der Waals surface area contributed by atoms with Crippen LogP contribution in [0.4, 0.5) is 15.6 Å². The fourth-order valence-electron chi connectivity index (χ4n) is 3.94. The molecule has 1 aromatic carbocycles. The molecule has 1 atom stereocenters. The van der Waals surface area contributed by atoms with Crippen molar-refractivity contribution >= 4 is 57.3 Å². The van der Waals surface area contributed by atoms with E-state index >= 15 is 0 Å². The lowest BCUT2D eigenvalue weighted by Crippen LogP contribution is -2.42. The summed E-state index contributed by atoms with van der Waals surface area (Å²) in [6, 6.07) is 5.23. The number of aromatic nitrogens is 1. The summed E-state index contributed by atoms with van der Waals surface area (Å²) in [6.07, 6.45) is 2.25. The molecule has 2 aliphatic heterocycles. The van der Waals surface area contributed by atoms with E-state index < -0.39 is 0 Å². The van der Waals surface area contributed by atoms with Crippen LogP contribution in [0.5, 0.6) is 0 Å². The van der Waals surface area contributed by atoms with Gasteiger partial charge in [0, 0.05) is 42.9 Å². The number of fused-ring (bicyclic) bond motifs is 2. The Morgan fingerprint density at radius 3 is 2.89 bits per heavy atom. The van der Waals surface area contributed by atoms with Crippen molar-refractivity contribution in [1.82, 2.24) is 9.88 Å². The van der Waals surface area contributed by atoms with Gasteiger partial charge < -0.3 is 9.64 Å². The minimum atomic E-state index is -0.346. The molecule has 2 aliphatic rings. The van der Waals surface area contributed by atoms with Gasteiger partial charge in [0.2, 0.25) is 5.91 Å². The Balaban J connectivity index is 1.62. The van der Waals surface area contributed by atoms with E-state index in [0.717, 1.165) is 17.7 Å². The zero-order valence-corrected chi connectivity index (χ0v) is 17.4. The van der Waals surface area contributed by atoms with Gasteiger partial charge in [-0.1, -0.05) is 34.5 Å². The Morgan fingerprint density at radius 2 is 2.18 bits per heavy atom. The number of nitrogens with one attached hydrogen (secondary N) is 1. The lowest BCUT2D eigenvalue weighted by Gasteiger charge is -2.25. The molecule has 1 N–H and O–H groups in total. The molecule has 1 saturated heterocycles. The third kappa shape index (κ3) is 3.45. The van der Waals surface area contributed by atoms with Crippen molar-refractivity contribution in [2.24, 2.45) is 0 Å². The molecule has 10 heteroatoms. The predicted octanol–water partition coefficient (Wildman–Crippen LogP) is 3.62. The maximum Gasteiger partial charge on any atom is 0.328 e. The summed E-state index contributed by atoms with van der Waals surface area (Å²) >= 11 is 13.4. The Hall–Kier alpha value is -1.87. The lowest BCUT2D eigenvalue weighted by molar-refractivity contribution is -0.134. The molecule has 4 rings (SSSR count). The van der Waals surface area contributed by atoms with Crippen molar-refractivity contribution in [3.05, 3.63) is 39.3 Å². The first-order chi connectivity index (χ1) is 13.4. The minimum Gasteiger partial charge on any atom is -0.375 e. The number of nitrogens with zero attached hydrogens (tertiary/aromatic N) is 3. The molecule has 0 unspecified atom stereocenters. The second-order valence-corrected chi connectivity index (χ2v) is 9.02. The van der Waals surface area contributed by atoms with E-state index in [1.54, 1.807) is 15.9 Å². The fourth-order valence-corrected chi connectivity index (χ4v) is 4.92. The summed E-state index contributed by atoms with van der Waals surface area (Å²) in [5, 5.41) is 3.84. The smallest absolute Gasteiger partial charge is 0.328 e. The molecule has 3 amide bonds. The van der Waals surface area contributed by atoms with Crippen LogP contribution in [-0.4, -0.2) is 55.2 Å². The van der Waals surface area contributed by atoms with Gasteiger partial charge in [-0.05, 0) is 30.2 Å². The Kier molecular flexibility index (Phi) is 5.22. The Morgan fingerprint density at radius 1 is 1.36 bits per heavy atom. The summed E-state index contributed by atoms with van der Waals surface area (Å²) in [6.45, 7) is 1.65. The molecule has 1 spiro atoms. The number of likely N-dealkylation sites (tertiary alicyclic amines) is 1. The van der Waals surface area contributed by atoms with E-state index in [1.165, 1.54) is 24.6 Å². The highest BCUT2D eigenvalue weighted by atomic mass is 35.5. The van der Waals surface area contributed by atoms with Gasteiger partial charge in [0.05, 0.1) is 6.20 Å². The molecular formula is C18H18Cl2N4O3S. The number of halogens is 2. The summed E-state index contributed by atoms with van der Waals surface area (Å²) < 4.78 is 5.48. The molecule has 3 heterocycles. The van der Waals surface area contributed by atoms with E-state index in [-0.39, 0.29) is 24.0 Å². The van der Waals surface area contributed by atoms with Crippen molar-refractivity contribution < 1.29 is 14.3 Å². The maximum absolute atomic E-state index is 12.9. The van der Waals surface area contributed by atoms with Gasteiger partial charge in [0.15, 0.2) is 5.13 Å². The number of urea groups is 1. The zero-order valence-electron chi connectivity index (χ0n) is 15.1. The van der Waals surface area contributed by atoms with Crippen LogP contribution in [0.25, 0.3) is 0 Å². The van der Waals surface area contributed by atoms with Gasteiger partial charge in [-0.3, -0.25) is 15.0 Å². The lowest BCUT2D eigenvalue weighted by atomic mass is 9.81. The number of anilines is 2. The molecular weight excluding hydrogens is 423 g/mol. The van der Waals surface area contributed by atoms with Crippen LogP contribution < -0.4 is 10.2 Å². The number of rotatable bonds is 3. The van der Waals surface area contributed by atoms with E-state index in [9.17, 15) is 9.59 Å². The molecule has 7 nitrogen and oxygen atoms in total. The highest BCUT2D eigenvalue weighted by Crippen LogP contribution is 2.47. The van der Waals surface area contributed by atoms with Crippen LogP contribution in [0.15, 0.2) is 24.4 Å². The summed E-state index contributed by atoms with van der Waals surface area (Å²) in [7, 11) is 1.51. The number of ether oxygens (including phenoxy) is 1. The average molecular weight is 441 g/mol. The molecule has 0 aliphatic carbocycles. The van der Waals surface area contributed by atoms with Crippen molar-refractivity contribution in [3.8, 4) is 0 Å². The SMILES string of the molecule is COCC(=O)N1CC[C@@]2(C1)CN(C(=O)Nc1ncc(Cl)s1)c1ccc(Cl)cc12. The van der Waals surface area contributed by atoms with Crippen LogP contribution in [0.3, 0.4) is 0 Å². The highest BCUT2D eigenvalue weighted by Gasteiger charge is 2.49. The second-order valence-electron chi connectivity index (χ2n) is 6.93. The monoisotopic (exact) mass is 440 g/mol. The van der Waals surface area contributed by atoms with Gasteiger partial charge in [0.1, 0.15) is 10.9 Å². The number of amides is 3. The molecule has 1 aromatic heterocycles. The van der Waals surface area contributed by atoms with Crippen molar-refractivity contribution in [2.75, 3.05) is 43.6 Å². The van der Waals surface area contributed by atoms with Crippen LogP contribution in [0, 0.1) is 0 Å². The summed E-state index contributed by atoms with van der Waals surface area (Å²) in [5.41, 5.74) is 1.44. The third-order valence-corrected chi connectivity index (χ3v) is 6.46. The highest BCUT2D eigenvalue weighted by molar-refractivity contribution is 7.19. The molecule has 28 heavy (non-hydrogen) atoms. The summed E-state index contributed by atoms with van der Waals surface area (Å²) in [5.74, 6) is -0.0525. The van der Waals surface area contributed by atoms with Gasteiger partial charge in [-0.15, -0.1) is 0 Å². The number of hydrogen-bond acceptors (Lipinski definition) is 5. The van der Waals surface area contributed by atoms with Crippen LogP contribution in [-0.2, 0) is 14.9 Å². The third-order valence-electron chi connectivity index (χ3n) is 5.19. The number of thiazole rings is 1. The number of carbonyl (C=O) groups excluding carboxylic acids is 2. The first-order valence-electron chi connectivity index (χ1n) is 8.68. The van der Waals surface area contributed by atoms with E-state index in [4.69, 9.17) is 27.9 Å². The largest absolute Gasteiger partial charge is 0.375 e. The predicted molar refractivity (Wildman–Crippen MR) is 110 cm³/mol. The quantitative estimate of drug-likeness (QED) is 0.790. The van der Waals surface area contributed by atoms with Gasteiger partial charge >= 0.3 is 6.03 Å². The molecule has 2 aromatic rings. The van der Waals surface area contributed by atoms with Crippen molar-refractivity contribution in [3.63, 3.8) is 0 Å². The molecule has 0 saturated carbocycles. The summed E-state index contributed by atoms with van der Waals surface area (Å²) in [4.78, 5) is 32.8. The zero-order chi connectivity index (χ0) is 19.9. The van der Waals surface area contributed by atoms with E-state index in [2.05, 4.69) is 10.3 Å². The fraction of sp³-hybridized carbons (Fsp3) is 0.389. The van der Waals surface area contributed by atoms with Crippen LogP contribution >= 0.6 is 34.5 Å². The van der Waals surface area contributed by atoms with Gasteiger partial charge in [-0.2, -0.15) is 0 Å². The van der Waals surface area contributed by atoms with Crippen LogP contribution in [0.1, 0.15) is 12.0 Å². The van der Waals surface area contributed by atoms with Crippen molar-refractivity contribution in [2.45, 2.75) is 11.8 Å². The Labute approximate surface area is 176 Å². The van der Waals surface area contributed by atoms with Crippen molar-refractivity contribution in [1.29, 1.82) is 0 Å².